The second-order valence-electron chi connectivity index (χ2n) is 15.3. The number of carbonyl (C=O) groups excluding carboxylic acids is 5. The molecule has 5 aliphatic rings. The first-order chi connectivity index (χ1) is 25.4. The van der Waals surface area contributed by atoms with Crippen molar-refractivity contribution >= 4 is 46.0 Å². The van der Waals surface area contributed by atoms with E-state index in [1.807, 2.05) is 47.4 Å². The van der Waals surface area contributed by atoms with E-state index in [1.165, 1.54) is 16.9 Å². The third-order valence-electron chi connectivity index (χ3n) is 12.1. The number of anilines is 1. The van der Waals surface area contributed by atoms with Gasteiger partial charge in [-0.15, -0.1) is 0 Å². The van der Waals surface area contributed by atoms with Gasteiger partial charge in [0.25, 0.3) is 11.8 Å². The lowest BCUT2D eigenvalue weighted by Gasteiger charge is -2.45. The first kappa shape index (κ1) is 34.5. The molecule has 0 bridgehead atoms. The van der Waals surface area contributed by atoms with Crippen molar-refractivity contribution < 1.29 is 28.7 Å². The number of fused-ring (bicyclic) bond motifs is 3. The standard InChI is InChI=1S/C42H48N4O6/c47-37(43-30-14-13-27-17-21-45-36(35(27)24-30)25-44(26-38(45)48)40(49)29-8-3-1-4-9-29)12-5-2-6-20-46-41(50)33-11-7-10-32-31(28-18-22-52-23-19-28)15-16-34(39(32)33)42(46)51/h7,10-11,13-16,24,28-29,36H,1-6,8-9,12,17-23,25-26H2,(H,43,47). The van der Waals surface area contributed by atoms with Crippen molar-refractivity contribution in [1.29, 1.82) is 0 Å². The fourth-order valence-electron chi connectivity index (χ4n) is 9.27. The van der Waals surface area contributed by atoms with Crippen molar-refractivity contribution in [3.05, 3.63) is 76.3 Å². The molecule has 10 heteroatoms. The summed E-state index contributed by atoms with van der Waals surface area (Å²) in [7, 11) is 0. The summed E-state index contributed by atoms with van der Waals surface area (Å²) in [5.74, 6) is -0.131. The number of amides is 5. The van der Waals surface area contributed by atoms with E-state index in [1.54, 1.807) is 4.90 Å². The van der Waals surface area contributed by atoms with Crippen LogP contribution in [0.2, 0.25) is 0 Å². The van der Waals surface area contributed by atoms with E-state index in [2.05, 4.69) is 11.4 Å². The Labute approximate surface area is 304 Å². The molecule has 2 saturated heterocycles. The van der Waals surface area contributed by atoms with Crippen LogP contribution in [0.4, 0.5) is 5.69 Å². The van der Waals surface area contributed by atoms with Crippen molar-refractivity contribution in [2.45, 2.75) is 89.0 Å². The van der Waals surface area contributed by atoms with Gasteiger partial charge in [0.15, 0.2) is 0 Å². The lowest BCUT2D eigenvalue weighted by atomic mass is 9.84. The second kappa shape index (κ2) is 14.8. The van der Waals surface area contributed by atoms with E-state index in [4.69, 9.17) is 4.74 Å². The summed E-state index contributed by atoms with van der Waals surface area (Å²) in [6.45, 7) is 3.03. The number of nitrogens with one attached hydrogen (secondary N) is 1. The Morgan fingerprint density at radius 2 is 1.62 bits per heavy atom. The van der Waals surface area contributed by atoms with Crippen molar-refractivity contribution in [2.24, 2.45) is 5.92 Å². The number of imide groups is 1. The van der Waals surface area contributed by atoms with Crippen LogP contribution in [0.5, 0.6) is 0 Å². The van der Waals surface area contributed by atoms with E-state index in [0.29, 0.717) is 68.0 Å². The molecule has 1 saturated carbocycles. The van der Waals surface area contributed by atoms with Gasteiger partial charge in [-0.1, -0.05) is 49.9 Å². The number of ether oxygens (including phenoxy) is 1. The van der Waals surface area contributed by atoms with Gasteiger partial charge < -0.3 is 19.9 Å². The average molecular weight is 705 g/mol. The molecule has 1 unspecified atom stereocenters. The highest BCUT2D eigenvalue weighted by atomic mass is 16.5. The molecule has 10 nitrogen and oxygen atoms in total. The van der Waals surface area contributed by atoms with Crippen LogP contribution in [-0.4, -0.2) is 83.6 Å². The maximum absolute atomic E-state index is 13.6. The van der Waals surface area contributed by atoms with Gasteiger partial charge in [-0.25, -0.2) is 0 Å². The molecule has 5 amide bonds. The van der Waals surface area contributed by atoms with Crippen LogP contribution in [0.15, 0.2) is 48.5 Å². The van der Waals surface area contributed by atoms with E-state index < -0.39 is 0 Å². The van der Waals surface area contributed by atoms with Gasteiger partial charge in [-0.2, -0.15) is 0 Å². The Morgan fingerprint density at radius 1 is 0.827 bits per heavy atom. The molecule has 3 aromatic rings. The lowest BCUT2D eigenvalue weighted by Crippen LogP contribution is -2.56. The van der Waals surface area contributed by atoms with E-state index in [-0.39, 0.29) is 48.0 Å². The van der Waals surface area contributed by atoms with Crippen molar-refractivity contribution in [1.82, 2.24) is 14.7 Å². The molecule has 1 atom stereocenters. The minimum Gasteiger partial charge on any atom is -0.381 e. The second-order valence-corrected chi connectivity index (χ2v) is 15.3. The number of nitrogens with zero attached hydrogens (tertiary/aromatic N) is 3. The van der Waals surface area contributed by atoms with Gasteiger partial charge >= 0.3 is 0 Å². The molecule has 1 aliphatic carbocycles. The zero-order chi connectivity index (χ0) is 35.8. The molecule has 4 heterocycles. The Balaban J connectivity index is 0.853. The van der Waals surface area contributed by atoms with Crippen LogP contribution in [0.3, 0.4) is 0 Å². The normalized spacial score (nSPS) is 21.0. The minimum atomic E-state index is -0.253. The summed E-state index contributed by atoms with van der Waals surface area (Å²) in [5.41, 5.74) is 5.19. The summed E-state index contributed by atoms with van der Waals surface area (Å²) in [4.78, 5) is 71.8. The Kier molecular flexibility index (Phi) is 9.83. The van der Waals surface area contributed by atoms with Gasteiger partial charge in [0.05, 0.1) is 12.6 Å². The van der Waals surface area contributed by atoms with Crippen LogP contribution in [0.1, 0.15) is 120 Å². The topological polar surface area (TPSA) is 116 Å². The first-order valence-corrected chi connectivity index (χ1v) is 19.4. The minimum absolute atomic E-state index is 0.00516. The summed E-state index contributed by atoms with van der Waals surface area (Å²) < 4.78 is 5.56. The third kappa shape index (κ3) is 6.62. The molecule has 4 aliphatic heterocycles. The number of rotatable bonds is 9. The summed E-state index contributed by atoms with van der Waals surface area (Å²) >= 11 is 0. The number of hydrogen-bond acceptors (Lipinski definition) is 6. The highest BCUT2D eigenvalue weighted by molar-refractivity contribution is 6.25. The van der Waals surface area contributed by atoms with Crippen molar-refractivity contribution in [3.8, 4) is 0 Å². The highest BCUT2D eigenvalue weighted by Gasteiger charge is 2.40. The number of benzene rings is 3. The third-order valence-corrected chi connectivity index (χ3v) is 12.1. The number of hydrogen-bond donors (Lipinski definition) is 1. The summed E-state index contributed by atoms with van der Waals surface area (Å²) in [6.07, 6.45) is 9.98. The van der Waals surface area contributed by atoms with Gasteiger partial charge in [-0.05, 0) is 97.2 Å². The molecule has 3 aromatic carbocycles. The van der Waals surface area contributed by atoms with Crippen LogP contribution >= 0.6 is 0 Å². The Morgan fingerprint density at radius 3 is 2.42 bits per heavy atom. The molecule has 0 spiro atoms. The monoisotopic (exact) mass is 704 g/mol. The zero-order valence-electron chi connectivity index (χ0n) is 29.9. The predicted molar refractivity (Wildman–Crippen MR) is 197 cm³/mol. The SMILES string of the molecule is O=C(CCCCCN1C(=O)c2cccc3c(C4CCOCC4)ccc(c23)C1=O)Nc1ccc2c(c1)C1CN(C(=O)C3CCCCC3)CC(=O)N1CC2. The quantitative estimate of drug-likeness (QED) is 0.204. The van der Waals surface area contributed by atoms with Crippen LogP contribution in [-0.2, 0) is 25.5 Å². The van der Waals surface area contributed by atoms with Crippen LogP contribution < -0.4 is 5.32 Å². The molecular weight excluding hydrogens is 656 g/mol. The largest absolute Gasteiger partial charge is 0.381 e. The fourth-order valence-corrected chi connectivity index (χ4v) is 9.27. The van der Waals surface area contributed by atoms with Crippen LogP contribution in [0.25, 0.3) is 10.8 Å². The van der Waals surface area contributed by atoms with Gasteiger partial charge in [0.1, 0.15) is 0 Å². The average Bonchev–Trinajstić information content (AvgIpc) is 3.18. The summed E-state index contributed by atoms with van der Waals surface area (Å²) in [6, 6.07) is 15.4. The zero-order valence-corrected chi connectivity index (χ0v) is 29.9. The molecule has 0 aromatic heterocycles. The van der Waals surface area contributed by atoms with Crippen molar-refractivity contribution in [3.63, 3.8) is 0 Å². The van der Waals surface area contributed by atoms with Gasteiger partial charge in [-0.3, -0.25) is 28.9 Å². The highest BCUT2D eigenvalue weighted by Crippen LogP contribution is 2.39. The van der Waals surface area contributed by atoms with E-state index in [9.17, 15) is 24.0 Å². The van der Waals surface area contributed by atoms with Crippen LogP contribution in [0, 0.1) is 5.92 Å². The smallest absolute Gasteiger partial charge is 0.261 e. The van der Waals surface area contributed by atoms with Gasteiger partial charge in [0.2, 0.25) is 17.7 Å². The lowest BCUT2D eigenvalue weighted by molar-refractivity contribution is -0.152. The molecular formula is C42H48N4O6. The molecule has 52 heavy (non-hydrogen) atoms. The fraction of sp³-hybridized carbons (Fsp3) is 0.500. The van der Waals surface area contributed by atoms with Gasteiger partial charge in [0, 0.05) is 67.4 Å². The first-order valence-electron chi connectivity index (χ1n) is 19.4. The predicted octanol–water partition coefficient (Wildman–Crippen LogP) is 6.38. The maximum Gasteiger partial charge on any atom is 0.261 e. The number of carbonyl (C=O) groups is 5. The molecule has 272 valence electrons. The summed E-state index contributed by atoms with van der Waals surface area (Å²) in [5, 5.41) is 4.80. The number of unbranched alkanes of at least 4 members (excludes halogenated alkanes) is 2. The maximum atomic E-state index is 13.6. The molecule has 1 N–H and O–H groups in total. The van der Waals surface area contributed by atoms with E-state index >= 15 is 0 Å². The van der Waals surface area contributed by atoms with E-state index in [0.717, 1.165) is 80.1 Å². The Bertz CT molecular complexity index is 1890. The number of piperazine rings is 1. The van der Waals surface area contributed by atoms with Crippen molar-refractivity contribution in [2.75, 3.05) is 44.7 Å². The molecule has 3 fully saturated rings. The molecule has 8 rings (SSSR count). The Hall–Kier alpha value is -4.57. The molecule has 0 radical (unpaired) electrons.